The Balaban J connectivity index is 3.26. The van der Waals surface area contributed by atoms with Crippen molar-refractivity contribution in [1.29, 1.82) is 0 Å². The minimum Gasteiger partial charge on any atom is -0.267 e. The van der Waals surface area contributed by atoms with Gasteiger partial charge in [-0.05, 0) is 26.7 Å². The highest BCUT2D eigenvalue weighted by molar-refractivity contribution is 7.89. The van der Waals surface area contributed by atoms with Gasteiger partial charge in [0, 0.05) is 19.0 Å². The fraction of sp³-hybridized carbons (Fsp3) is 0.769. The average molecular weight is 322 g/mol. The van der Waals surface area contributed by atoms with Crippen LogP contribution in [0.1, 0.15) is 38.1 Å². The molecular formula is C13H24ClN3O2S. The number of hydrogen-bond donors (Lipinski definition) is 0. The van der Waals surface area contributed by atoms with E-state index < -0.39 is 10.0 Å². The fourth-order valence-electron chi connectivity index (χ4n) is 2.33. The summed E-state index contributed by atoms with van der Waals surface area (Å²) in [6.07, 6.45) is 1.60. The lowest BCUT2D eigenvalue weighted by Crippen LogP contribution is -2.33. The molecule has 0 radical (unpaired) electrons. The van der Waals surface area contributed by atoms with Crippen LogP contribution in [0.2, 0.25) is 0 Å². The highest BCUT2D eigenvalue weighted by Gasteiger charge is 2.29. The van der Waals surface area contributed by atoms with Gasteiger partial charge < -0.3 is 0 Å². The van der Waals surface area contributed by atoms with Crippen LogP contribution in [-0.4, -0.2) is 41.5 Å². The van der Waals surface area contributed by atoms with Crippen LogP contribution in [-0.2, 0) is 16.6 Å². The van der Waals surface area contributed by atoms with Crippen molar-refractivity contribution < 1.29 is 8.42 Å². The predicted octanol–water partition coefficient (Wildman–Crippen LogP) is 2.55. The van der Waals surface area contributed by atoms with E-state index in [1.165, 1.54) is 0 Å². The van der Waals surface area contributed by atoms with Gasteiger partial charge in [0.2, 0.25) is 10.0 Å². The molecule has 0 bridgehead atoms. The van der Waals surface area contributed by atoms with Gasteiger partial charge in [0.25, 0.3) is 0 Å². The first-order valence-corrected chi connectivity index (χ1v) is 8.97. The highest BCUT2D eigenvalue weighted by atomic mass is 35.5. The summed E-state index contributed by atoms with van der Waals surface area (Å²) in [4.78, 5) is 0.338. The van der Waals surface area contributed by atoms with Gasteiger partial charge in [0.15, 0.2) is 0 Å². The van der Waals surface area contributed by atoms with Crippen molar-refractivity contribution >= 4 is 21.6 Å². The lowest BCUT2D eigenvalue weighted by atomic mass is 10.4. The zero-order valence-electron chi connectivity index (χ0n) is 12.7. The van der Waals surface area contributed by atoms with Crippen molar-refractivity contribution in [2.45, 2.75) is 52.0 Å². The molecule has 1 rings (SSSR count). The van der Waals surface area contributed by atoms with Crippen molar-refractivity contribution in [2.24, 2.45) is 0 Å². The topological polar surface area (TPSA) is 55.2 Å². The number of hydrogen-bond acceptors (Lipinski definition) is 3. The monoisotopic (exact) mass is 321 g/mol. The van der Waals surface area contributed by atoms with Crippen molar-refractivity contribution in [3.8, 4) is 0 Å². The predicted molar refractivity (Wildman–Crippen MR) is 81.8 cm³/mol. The SMILES string of the molecule is CCCN(CCC)S(=O)(=O)c1c(C)nn(CCCl)c1C. The van der Waals surface area contributed by atoms with Crippen LogP contribution < -0.4 is 0 Å². The molecule has 1 aromatic heterocycles. The normalized spacial score (nSPS) is 12.3. The molecule has 0 spiro atoms. The summed E-state index contributed by atoms with van der Waals surface area (Å²) in [6.45, 7) is 9.08. The number of rotatable bonds is 8. The quantitative estimate of drug-likeness (QED) is 0.691. The molecule has 0 amide bonds. The van der Waals surface area contributed by atoms with Gasteiger partial charge in [-0.3, -0.25) is 4.68 Å². The van der Waals surface area contributed by atoms with E-state index in [0.717, 1.165) is 12.8 Å². The number of aromatic nitrogens is 2. The van der Waals surface area contributed by atoms with Gasteiger partial charge in [-0.1, -0.05) is 13.8 Å². The summed E-state index contributed by atoms with van der Waals surface area (Å²) in [5, 5.41) is 4.30. The third-order valence-corrected chi connectivity index (χ3v) is 5.48. The summed E-state index contributed by atoms with van der Waals surface area (Å²) in [7, 11) is -3.48. The zero-order chi connectivity index (χ0) is 15.3. The van der Waals surface area contributed by atoms with Crippen LogP contribution in [0.15, 0.2) is 4.90 Å². The van der Waals surface area contributed by atoms with E-state index in [2.05, 4.69) is 5.10 Å². The van der Waals surface area contributed by atoms with Crippen molar-refractivity contribution in [2.75, 3.05) is 19.0 Å². The van der Waals surface area contributed by atoms with E-state index >= 15 is 0 Å². The van der Waals surface area contributed by atoms with Gasteiger partial charge in [0.05, 0.1) is 17.9 Å². The molecule has 5 nitrogen and oxygen atoms in total. The molecule has 0 fully saturated rings. The first-order valence-electron chi connectivity index (χ1n) is 7.00. The maximum atomic E-state index is 12.8. The molecule has 0 aliphatic rings. The van der Waals surface area contributed by atoms with Crippen LogP contribution in [0.3, 0.4) is 0 Å². The molecule has 0 saturated carbocycles. The second-order valence-electron chi connectivity index (χ2n) is 4.82. The molecule has 0 N–H and O–H groups in total. The summed E-state index contributed by atoms with van der Waals surface area (Å²) in [6, 6.07) is 0. The molecule has 0 aromatic carbocycles. The van der Waals surface area contributed by atoms with E-state index in [4.69, 9.17) is 11.6 Å². The lowest BCUT2D eigenvalue weighted by Gasteiger charge is -2.21. The van der Waals surface area contributed by atoms with Crippen LogP contribution in [0.5, 0.6) is 0 Å². The second-order valence-corrected chi connectivity index (χ2v) is 7.07. The maximum Gasteiger partial charge on any atom is 0.246 e. The standard InChI is InChI=1S/C13H24ClN3O2S/c1-5-8-16(9-6-2)20(18,19)13-11(3)15-17(10-7-14)12(13)4/h5-10H2,1-4H3. The van der Waals surface area contributed by atoms with E-state index in [0.29, 0.717) is 41.8 Å². The molecule has 20 heavy (non-hydrogen) atoms. The molecule has 0 aliphatic carbocycles. The first-order chi connectivity index (χ1) is 9.39. The molecular weight excluding hydrogens is 298 g/mol. The minimum atomic E-state index is -3.48. The van der Waals surface area contributed by atoms with Crippen LogP contribution in [0.25, 0.3) is 0 Å². The molecule has 0 saturated heterocycles. The van der Waals surface area contributed by atoms with Crippen LogP contribution in [0.4, 0.5) is 0 Å². The summed E-state index contributed by atoms with van der Waals surface area (Å²) in [5.74, 6) is 0.412. The van der Waals surface area contributed by atoms with Gasteiger partial charge in [-0.2, -0.15) is 9.40 Å². The Labute approximate surface area is 127 Å². The molecule has 0 aliphatic heterocycles. The van der Waals surface area contributed by atoms with E-state index in [1.54, 1.807) is 22.8 Å². The Hall–Kier alpha value is -0.590. The Bertz CT molecular complexity index is 534. The summed E-state index contributed by atoms with van der Waals surface area (Å²) < 4.78 is 28.8. The average Bonchev–Trinajstić information content (AvgIpc) is 2.65. The molecule has 0 unspecified atom stereocenters. The molecule has 0 atom stereocenters. The van der Waals surface area contributed by atoms with Gasteiger partial charge >= 0.3 is 0 Å². The fourth-order valence-corrected chi connectivity index (χ4v) is 4.49. The molecule has 1 aromatic rings. The van der Waals surface area contributed by atoms with Crippen molar-refractivity contribution in [1.82, 2.24) is 14.1 Å². The number of aryl methyl sites for hydroxylation is 2. The van der Waals surface area contributed by atoms with E-state index in [1.807, 2.05) is 13.8 Å². The Kier molecular flexibility index (Phi) is 6.48. The van der Waals surface area contributed by atoms with Gasteiger partial charge in [-0.25, -0.2) is 8.42 Å². The van der Waals surface area contributed by atoms with Gasteiger partial charge in [0.1, 0.15) is 4.90 Å². The molecule has 1 heterocycles. The third kappa shape index (κ3) is 3.54. The zero-order valence-corrected chi connectivity index (χ0v) is 14.3. The highest BCUT2D eigenvalue weighted by Crippen LogP contribution is 2.24. The Morgan fingerprint density at radius 2 is 1.75 bits per heavy atom. The number of halogens is 1. The van der Waals surface area contributed by atoms with E-state index in [-0.39, 0.29) is 0 Å². The largest absolute Gasteiger partial charge is 0.267 e. The minimum absolute atomic E-state index is 0.338. The number of nitrogens with zero attached hydrogens (tertiary/aromatic N) is 3. The lowest BCUT2D eigenvalue weighted by molar-refractivity contribution is 0.409. The summed E-state index contributed by atoms with van der Waals surface area (Å²) in [5.41, 5.74) is 1.21. The van der Waals surface area contributed by atoms with Crippen molar-refractivity contribution in [3.05, 3.63) is 11.4 Å². The first kappa shape index (κ1) is 17.5. The number of alkyl halides is 1. The Morgan fingerprint density at radius 1 is 1.20 bits per heavy atom. The smallest absolute Gasteiger partial charge is 0.246 e. The van der Waals surface area contributed by atoms with Crippen molar-refractivity contribution in [3.63, 3.8) is 0 Å². The maximum absolute atomic E-state index is 12.8. The van der Waals surface area contributed by atoms with Crippen LogP contribution >= 0.6 is 11.6 Å². The Morgan fingerprint density at radius 3 is 2.20 bits per heavy atom. The second kappa shape index (κ2) is 7.43. The van der Waals surface area contributed by atoms with Gasteiger partial charge in [-0.15, -0.1) is 11.6 Å². The third-order valence-electron chi connectivity index (χ3n) is 3.16. The molecule has 116 valence electrons. The summed E-state index contributed by atoms with van der Waals surface area (Å²) >= 11 is 5.73. The number of sulfonamides is 1. The van der Waals surface area contributed by atoms with Crippen LogP contribution in [0, 0.1) is 13.8 Å². The van der Waals surface area contributed by atoms with E-state index in [9.17, 15) is 8.42 Å². The molecule has 7 heteroatoms.